The van der Waals surface area contributed by atoms with Gasteiger partial charge in [0.2, 0.25) is 0 Å². The van der Waals surface area contributed by atoms with E-state index in [-0.39, 0.29) is 11.7 Å². The molecule has 0 saturated heterocycles. The minimum absolute atomic E-state index is 0.0423. The molecule has 0 aliphatic heterocycles. The first-order valence-electron chi connectivity index (χ1n) is 6.28. The highest BCUT2D eigenvalue weighted by atomic mass is 32.1. The van der Waals surface area contributed by atoms with Gasteiger partial charge in [-0.05, 0) is 18.9 Å². The van der Waals surface area contributed by atoms with Gasteiger partial charge >= 0.3 is 0 Å². The van der Waals surface area contributed by atoms with Crippen molar-refractivity contribution in [3.05, 3.63) is 35.2 Å². The number of benzene rings is 1. The molecule has 2 nitrogen and oxygen atoms in total. The lowest BCUT2D eigenvalue weighted by Crippen LogP contribution is -2.21. The third kappa shape index (κ3) is 1.99. The van der Waals surface area contributed by atoms with E-state index in [9.17, 15) is 9.59 Å². The molecule has 0 N–H and O–H groups in total. The topological polar surface area (TPSA) is 34.1 Å². The van der Waals surface area contributed by atoms with Crippen molar-refractivity contribution in [1.82, 2.24) is 0 Å². The molecule has 18 heavy (non-hydrogen) atoms. The van der Waals surface area contributed by atoms with E-state index in [1.807, 2.05) is 29.6 Å². The highest BCUT2D eigenvalue weighted by molar-refractivity contribution is 7.17. The SMILES string of the molecule is O=C1CCC(C(=O)c2csc3ccccc23)CC1. The van der Waals surface area contributed by atoms with Gasteiger partial charge in [0.25, 0.3) is 0 Å². The van der Waals surface area contributed by atoms with Crippen molar-refractivity contribution in [2.45, 2.75) is 25.7 Å². The fraction of sp³-hybridized carbons (Fsp3) is 0.333. The van der Waals surface area contributed by atoms with Crippen LogP contribution in [0.1, 0.15) is 36.0 Å². The van der Waals surface area contributed by atoms with E-state index in [4.69, 9.17) is 0 Å². The number of Topliss-reactive ketones (excluding diaryl/α,β-unsaturated/α-hetero) is 2. The lowest BCUT2D eigenvalue weighted by molar-refractivity contribution is -0.120. The Balaban J connectivity index is 1.90. The summed E-state index contributed by atoms with van der Waals surface area (Å²) in [6.07, 6.45) is 2.58. The Morgan fingerprint density at radius 1 is 1.17 bits per heavy atom. The molecular formula is C15H14O2S. The monoisotopic (exact) mass is 258 g/mol. The van der Waals surface area contributed by atoms with Gasteiger partial charge < -0.3 is 0 Å². The average molecular weight is 258 g/mol. The molecule has 3 heteroatoms. The van der Waals surface area contributed by atoms with Crippen LogP contribution in [0.3, 0.4) is 0 Å². The number of carbonyl (C=O) groups is 2. The molecular weight excluding hydrogens is 244 g/mol. The molecule has 1 fully saturated rings. The number of thiophene rings is 1. The quantitative estimate of drug-likeness (QED) is 0.767. The Morgan fingerprint density at radius 2 is 1.89 bits per heavy atom. The Hall–Kier alpha value is -1.48. The Morgan fingerprint density at radius 3 is 2.67 bits per heavy atom. The number of fused-ring (bicyclic) bond motifs is 1. The predicted octanol–water partition coefficient (Wildman–Crippen LogP) is 3.84. The van der Waals surface area contributed by atoms with Gasteiger partial charge in [0.05, 0.1) is 0 Å². The Bertz CT molecular complexity index is 602. The van der Waals surface area contributed by atoms with Crippen LogP contribution in [0.15, 0.2) is 29.6 Å². The van der Waals surface area contributed by atoms with Crippen molar-refractivity contribution in [2.24, 2.45) is 5.92 Å². The third-order valence-electron chi connectivity index (χ3n) is 3.66. The third-order valence-corrected chi connectivity index (χ3v) is 4.62. The molecule has 1 aromatic carbocycles. The molecule has 0 spiro atoms. The molecule has 0 atom stereocenters. The number of hydrogen-bond donors (Lipinski definition) is 0. The summed E-state index contributed by atoms with van der Waals surface area (Å²) in [5, 5.41) is 3.02. The van der Waals surface area contributed by atoms with E-state index in [0.29, 0.717) is 18.6 Å². The molecule has 1 aliphatic rings. The smallest absolute Gasteiger partial charge is 0.167 e. The summed E-state index contributed by atoms with van der Waals surface area (Å²) in [6, 6.07) is 8.01. The van der Waals surface area contributed by atoms with Crippen LogP contribution < -0.4 is 0 Å². The zero-order chi connectivity index (χ0) is 12.5. The number of ketones is 2. The van der Waals surface area contributed by atoms with Gasteiger partial charge in [0.15, 0.2) is 5.78 Å². The van der Waals surface area contributed by atoms with E-state index in [0.717, 1.165) is 28.5 Å². The maximum Gasteiger partial charge on any atom is 0.167 e. The van der Waals surface area contributed by atoms with Crippen LogP contribution in [0.4, 0.5) is 0 Å². The van der Waals surface area contributed by atoms with Crippen molar-refractivity contribution in [3.63, 3.8) is 0 Å². The van der Waals surface area contributed by atoms with Crippen molar-refractivity contribution < 1.29 is 9.59 Å². The van der Waals surface area contributed by atoms with Crippen LogP contribution in [0.5, 0.6) is 0 Å². The molecule has 1 aliphatic carbocycles. The maximum atomic E-state index is 12.5. The average Bonchev–Trinajstić information content (AvgIpc) is 2.82. The summed E-state index contributed by atoms with van der Waals surface area (Å²) >= 11 is 1.62. The van der Waals surface area contributed by atoms with Crippen LogP contribution in [0.2, 0.25) is 0 Å². The van der Waals surface area contributed by atoms with Crippen LogP contribution in [0.25, 0.3) is 10.1 Å². The van der Waals surface area contributed by atoms with Crippen molar-refractivity contribution in [1.29, 1.82) is 0 Å². The molecule has 2 aromatic rings. The molecule has 1 heterocycles. The molecule has 0 unspecified atom stereocenters. The first-order valence-corrected chi connectivity index (χ1v) is 7.16. The molecule has 1 saturated carbocycles. The first-order chi connectivity index (χ1) is 8.75. The molecule has 0 amide bonds. The molecule has 0 bridgehead atoms. The van der Waals surface area contributed by atoms with Crippen LogP contribution in [0, 0.1) is 5.92 Å². The summed E-state index contributed by atoms with van der Waals surface area (Å²) in [4.78, 5) is 23.7. The Labute approximate surface area is 110 Å². The predicted molar refractivity (Wildman–Crippen MR) is 73.1 cm³/mol. The highest BCUT2D eigenvalue weighted by Crippen LogP contribution is 2.31. The fourth-order valence-corrected chi connectivity index (χ4v) is 3.54. The first kappa shape index (κ1) is 11.6. The van der Waals surface area contributed by atoms with Crippen LogP contribution in [-0.2, 0) is 4.79 Å². The van der Waals surface area contributed by atoms with Gasteiger partial charge in [0.1, 0.15) is 5.78 Å². The van der Waals surface area contributed by atoms with E-state index in [1.54, 1.807) is 11.3 Å². The second-order valence-corrected chi connectivity index (χ2v) is 5.73. The highest BCUT2D eigenvalue weighted by Gasteiger charge is 2.27. The van der Waals surface area contributed by atoms with E-state index < -0.39 is 0 Å². The fourth-order valence-electron chi connectivity index (χ4n) is 2.59. The second-order valence-electron chi connectivity index (χ2n) is 4.82. The van der Waals surface area contributed by atoms with E-state index >= 15 is 0 Å². The zero-order valence-electron chi connectivity index (χ0n) is 10.0. The van der Waals surface area contributed by atoms with Crippen molar-refractivity contribution >= 4 is 33.0 Å². The lowest BCUT2D eigenvalue weighted by Gasteiger charge is -2.19. The summed E-state index contributed by atoms with van der Waals surface area (Å²) in [7, 11) is 0. The summed E-state index contributed by atoms with van der Waals surface area (Å²) in [5.74, 6) is 0.565. The van der Waals surface area contributed by atoms with Crippen LogP contribution in [-0.4, -0.2) is 11.6 Å². The van der Waals surface area contributed by atoms with E-state index in [2.05, 4.69) is 0 Å². The zero-order valence-corrected chi connectivity index (χ0v) is 10.8. The maximum absolute atomic E-state index is 12.5. The van der Waals surface area contributed by atoms with Crippen molar-refractivity contribution in [2.75, 3.05) is 0 Å². The molecule has 1 aromatic heterocycles. The minimum atomic E-state index is 0.0423. The van der Waals surface area contributed by atoms with Gasteiger partial charge in [-0.1, -0.05) is 18.2 Å². The number of hydrogen-bond acceptors (Lipinski definition) is 3. The van der Waals surface area contributed by atoms with Crippen LogP contribution >= 0.6 is 11.3 Å². The van der Waals surface area contributed by atoms with Gasteiger partial charge in [0, 0.05) is 39.8 Å². The van der Waals surface area contributed by atoms with Crippen molar-refractivity contribution in [3.8, 4) is 0 Å². The summed E-state index contributed by atoms with van der Waals surface area (Å²) in [6.45, 7) is 0. The van der Waals surface area contributed by atoms with Gasteiger partial charge in [-0.15, -0.1) is 11.3 Å². The molecule has 92 valence electrons. The van der Waals surface area contributed by atoms with E-state index in [1.165, 1.54) is 0 Å². The van der Waals surface area contributed by atoms with Gasteiger partial charge in [-0.3, -0.25) is 9.59 Å². The normalized spacial score (nSPS) is 17.2. The van der Waals surface area contributed by atoms with Gasteiger partial charge in [-0.25, -0.2) is 0 Å². The lowest BCUT2D eigenvalue weighted by atomic mass is 9.83. The standard InChI is InChI=1S/C15H14O2S/c16-11-7-5-10(6-8-11)15(17)13-9-18-14-4-2-1-3-12(13)14/h1-4,9-10H,5-8H2. The molecule has 3 rings (SSSR count). The van der Waals surface area contributed by atoms with Gasteiger partial charge in [-0.2, -0.15) is 0 Å². The summed E-state index contributed by atoms with van der Waals surface area (Å²) in [5.41, 5.74) is 0.843. The largest absolute Gasteiger partial charge is 0.300 e. The Kier molecular flexibility index (Phi) is 3.00. The summed E-state index contributed by atoms with van der Waals surface area (Å²) < 4.78 is 1.16. The number of carbonyl (C=O) groups excluding carboxylic acids is 2. The second kappa shape index (κ2) is 4.65. The molecule has 0 radical (unpaired) electrons. The number of rotatable bonds is 2. The minimum Gasteiger partial charge on any atom is -0.300 e.